The van der Waals surface area contributed by atoms with Crippen LogP contribution in [0.4, 0.5) is 8.78 Å². The zero-order valence-corrected chi connectivity index (χ0v) is 18.9. The molecular weight excluding hydrogens is 386 g/mol. The zero-order chi connectivity index (χ0) is 21.9. The lowest BCUT2D eigenvalue weighted by molar-refractivity contribution is -0.172. The van der Waals surface area contributed by atoms with Gasteiger partial charge in [-0.05, 0) is 91.8 Å². The Hall–Kier alpha value is -0.970. The van der Waals surface area contributed by atoms with Crippen molar-refractivity contribution in [3.05, 3.63) is 11.6 Å². The molecule has 0 bridgehead atoms. The summed E-state index contributed by atoms with van der Waals surface area (Å²) in [5, 5.41) is 10.2. The number of hydrogen-bond acceptors (Lipinski definition) is 3. The topological polar surface area (TPSA) is 46.5 Å². The van der Waals surface area contributed by atoms with Crippen molar-refractivity contribution >= 4 is 5.97 Å². The van der Waals surface area contributed by atoms with Crippen LogP contribution in [0, 0.1) is 40.4 Å². The van der Waals surface area contributed by atoms with Gasteiger partial charge in [-0.3, -0.25) is 0 Å². The SMILES string of the molecule is COC(=O)C(F)(F)CC(C)C1CCC2C3CC=C4CC(O)CCC4(C)C3CCC12C. The summed E-state index contributed by atoms with van der Waals surface area (Å²) < 4.78 is 32.9. The van der Waals surface area contributed by atoms with E-state index in [4.69, 9.17) is 0 Å². The molecule has 170 valence electrons. The lowest BCUT2D eigenvalue weighted by Crippen LogP contribution is -2.51. The summed E-state index contributed by atoms with van der Waals surface area (Å²) in [4.78, 5) is 11.5. The first kappa shape index (κ1) is 22.2. The first-order valence-electron chi connectivity index (χ1n) is 11.9. The smallest absolute Gasteiger partial charge is 0.376 e. The Morgan fingerprint density at radius 3 is 2.67 bits per heavy atom. The molecule has 3 fully saturated rings. The van der Waals surface area contributed by atoms with Gasteiger partial charge in [-0.2, -0.15) is 8.78 Å². The fourth-order valence-electron chi connectivity index (χ4n) is 8.40. The molecule has 8 atom stereocenters. The average Bonchev–Trinajstić information content (AvgIpc) is 3.04. The number of methoxy groups -OCH3 is 1. The zero-order valence-electron chi connectivity index (χ0n) is 18.9. The number of carbonyl (C=O) groups is 1. The molecule has 3 saturated carbocycles. The van der Waals surface area contributed by atoms with Crippen LogP contribution in [0.1, 0.15) is 78.6 Å². The van der Waals surface area contributed by atoms with E-state index in [1.54, 1.807) is 0 Å². The van der Waals surface area contributed by atoms with Crippen LogP contribution in [0.5, 0.6) is 0 Å². The van der Waals surface area contributed by atoms with E-state index in [0.717, 1.165) is 58.5 Å². The largest absolute Gasteiger partial charge is 0.465 e. The van der Waals surface area contributed by atoms with E-state index < -0.39 is 18.3 Å². The fraction of sp³-hybridized carbons (Fsp3) is 0.880. The predicted octanol–water partition coefficient (Wildman–Crippen LogP) is 5.76. The molecule has 0 aromatic carbocycles. The van der Waals surface area contributed by atoms with Crippen molar-refractivity contribution in [3.8, 4) is 0 Å². The minimum absolute atomic E-state index is 0.0721. The number of ether oxygens (including phenoxy) is 1. The summed E-state index contributed by atoms with van der Waals surface area (Å²) in [7, 11) is 1.03. The third-order valence-electron chi connectivity index (χ3n) is 9.90. The van der Waals surface area contributed by atoms with Gasteiger partial charge >= 0.3 is 11.9 Å². The number of carbonyl (C=O) groups excluding carboxylic acids is 1. The van der Waals surface area contributed by atoms with Crippen LogP contribution in [0.15, 0.2) is 11.6 Å². The number of hydrogen-bond donors (Lipinski definition) is 1. The maximum atomic E-state index is 14.3. The van der Waals surface area contributed by atoms with Crippen molar-refractivity contribution < 1.29 is 23.4 Å². The van der Waals surface area contributed by atoms with Gasteiger partial charge in [-0.25, -0.2) is 4.79 Å². The molecule has 0 radical (unpaired) electrons. The number of alkyl halides is 2. The molecule has 3 nitrogen and oxygen atoms in total. The summed E-state index contributed by atoms with van der Waals surface area (Å²) in [5.41, 5.74) is 1.74. The summed E-state index contributed by atoms with van der Waals surface area (Å²) >= 11 is 0. The van der Waals surface area contributed by atoms with Gasteiger partial charge in [0.1, 0.15) is 0 Å². The van der Waals surface area contributed by atoms with Crippen LogP contribution in [0.2, 0.25) is 0 Å². The maximum Gasteiger partial charge on any atom is 0.376 e. The number of allylic oxidation sites excluding steroid dienone is 1. The second kappa shape index (κ2) is 7.56. The molecule has 30 heavy (non-hydrogen) atoms. The molecule has 1 N–H and O–H groups in total. The summed E-state index contributed by atoms with van der Waals surface area (Å²) in [6.07, 6.45) is 9.98. The second-order valence-electron chi connectivity index (χ2n) is 11.3. The van der Waals surface area contributed by atoms with Crippen LogP contribution < -0.4 is 0 Å². The molecule has 0 aromatic rings. The fourth-order valence-corrected chi connectivity index (χ4v) is 8.40. The van der Waals surface area contributed by atoms with Crippen molar-refractivity contribution in [3.63, 3.8) is 0 Å². The van der Waals surface area contributed by atoms with E-state index in [1.165, 1.54) is 5.57 Å². The van der Waals surface area contributed by atoms with Crippen LogP contribution in [-0.4, -0.2) is 30.2 Å². The number of esters is 1. The summed E-state index contributed by atoms with van der Waals surface area (Å²) in [6, 6.07) is 0. The molecule has 0 heterocycles. The van der Waals surface area contributed by atoms with Crippen molar-refractivity contribution in [2.75, 3.05) is 7.11 Å². The predicted molar refractivity (Wildman–Crippen MR) is 112 cm³/mol. The van der Waals surface area contributed by atoms with E-state index >= 15 is 0 Å². The summed E-state index contributed by atoms with van der Waals surface area (Å²) in [5.74, 6) is -2.96. The van der Waals surface area contributed by atoms with E-state index in [1.807, 2.05) is 6.92 Å². The molecule has 4 rings (SSSR count). The van der Waals surface area contributed by atoms with Gasteiger partial charge in [0.25, 0.3) is 0 Å². The number of rotatable bonds is 4. The van der Waals surface area contributed by atoms with Gasteiger partial charge in [0, 0.05) is 6.42 Å². The van der Waals surface area contributed by atoms with E-state index in [-0.39, 0.29) is 28.8 Å². The van der Waals surface area contributed by atoms with Crippen LogP contribution in [-0.2, 0) is 9.53 Å². The molecule has 4 aliphatic carbocycles. The highest BCUT2D eigenvalue weighted by atomic mass is 19.3. The van der Waals surface area contributed by atoms with Crippen LogP contribution in [0.25, 0.3) is 0 Å². The number of halogens is 2. The summed E-state index contributed by atoms with van der Waals surface area (Å²) in [6.45, 7) is 6.66. The van der Waals surface area contributed by atoms with Crippen molar-refractivity contribution in [2.45, 2.75) is 90.6 Å². The standard InChI is InChI=1S/C25H38F2O3/c1-15(14-25(26,27)22(29)30-4)19-7-8-20-18-6-5-16-13-17(28)9-11-23(16,2)21(18)10-12-24(19,20)3/h5,15,17-21,28H,6-14H2,1-4H3. The van der Waals surface area contributed by atoms with Crippen LogP contribution >= 0.6 is 0 Å². The van der Waals surface area contributed by atoms with Gasteiger partial charge in [0.2, 0.25) is 0 Å². The Bertz CT molecular complexity index is 719. The van der Waals surface area contributed by atoms with E-state index in [0.29, 0.717) is 17.8 Å². The Kier molecular flexibility index (Phi) is 5.61. The Labute approximate surface area is 179 Å². The second-order valence-corrected chi connectivity index (χ2v) is 11.3. The third kappa shape index (κ3) is 3.34. The first-order chi connectivity index (χ1) is 14.0. The molecule has 0 aromatic heterocycles. The first-order valence-corrected chi connectivity index (χ1v) is 11.9. The molecule has 8 unspecified atom stereocenters. The molecule has 0 spiro atoms. The minimum atomic E-state index is -3.40. The number of aliphatic hydroxyl groups is 1. The minimum Gasteiger partial charge on any atom is -0.465 e. The van der Waals surface area contributed by atoms with Crippen LogP contribution in [0.3, 0.4) is 0 Å². The normalized spacial score (nSPS) is 44.4. The highest BCUT2D eigenvalue weighted by Gasteiger charge is 2.60. The lowest BCUT2D eigenvalue weighted by atomic mass is 9.47. The Balaban J connectivity index is 1.53. The number of aliphatic hydroxyl groups excluding tert-OH is 1. The molecule has 5 heteroatoms. The van der Waals surface area contributed by atoms with E-state index in [9.17, 15) is 18.7 Å². The lowest BCUT2D eigenvalue weighted by Gasteiger charge is -2.58. The van der Waals surface area contributed by atoms with Crippen molar-refractivity contribution in [2.24, 2.45) is 40.4 Å². The van der Waals surface area contributed by atoms with E-state index in [2.05, 4.69) is 24.7 Å². The highest BCUT2D eigenvalue weighted by Crippen LogP contribution is 2.67. The number of fused-ring (bicyclic) bond motifs is 5. The quantitative estimate of drug-likeness (QED) is 0.461. The van der Waals surface area contributed by atoms with Crippen molar-refractivity contribution in [1.29, 1.82) is 0 Å². The molecule has 0 saturated heterocycles. The van der Waals surface area contributed by atoms with Gasteiger partial charge < -0.3 is 9.84 Å². The van der Waals surface area contributed by atoms with Gasteiger partial charge in [0.15, 0.2) is 0 Å². The average molecular weight is 425 g/mol. The van der Waals surface area contributed by atoms with Gasteiger partial charge in [-0.15, -0.1) is 0 Å². The third-order valence-corrected chi connectivity index (χ3v) is 9.90. The molecule has 0 amide bonds. The Morgan fingerprint density at radius 1 is 1.23 bits per heavy atom. The maximum absolute atomic E-state index is 14.3. The highest BCUT2D eigenvalue weighted by molar-refractivity contribution is 5.77. The molecule has 0 aliphatic heterocycles. The van der Waals surface area contributed by atoms with Gasteiger partial charge in [0.05, 0.1) is 13.2 Å². The Morgan fingerprint density at radius 2 is 1.97 bits per heavy atom. The van der Waals surface area contributed by atoms with Crippen molar-refractivity contribution in [1.82, 2.24) is 0 Å². The van der Waals surface area contributed by atoms with Gasteiger partial charge in [-0.1, -0.05) is 32.4 Å². The molecular formula is C25H38F2O3. The molecule has 4 aliphatic rings. The monoisotopic (exact) mass is 424 g/mol.